The summed E-state index contributed by atoms with van der Waals surface area (Å²) in [7, 11) is 0. The van der Waals surface area contributed by atoms with Crippen molar-refractivity contribution >= 4 is 5.97 Å². The second kappa shape index (κ2) is 7.70. The molecule has 4 nitrogen and oxygen atoms in total. The van der Waals surface area contributed by atoms with Gasteiger partial charge in [0.15, 0.2) is 0 Å². The molecule has 0 aliphatic carbocycles. The molecule has 2 aromatic rings. The van der Waals surface area contributed by atoms with Gasteiger partial charge in [-0.15, -0.1) is 0 Å². The number of carbonyl (C=O) groups is 1. The van der Waals surface area contributed by atoms with E-state index in [1.54, 1.807) is 0 Å². The van der Waals surface area contributed by atoms with Crippen LogP contribution in [0.15, 0.2) is 48.5 Å². The van der Waals surface area contributed by atoms with Crippen molar-refractivity contribution in [3.63, 3.8) is 0 Å². The number of nitrogens with zero attached hydrogens (tertiary/aromatic N) is 1. The Morgan fingerprint density at radius 3 is 2.40 bits per heavy atom. The molecule has 3 rings (SSSR count). The summed E-state index contributed by atoms with van der Waals surface area (Å²) in [5.74, 6) is -0.153. The number of ether oxygens (including phenoxy) is 1. The molecule has 0 spiro atoms. The summed E-state index contributed by atoms with van der Waals surface area (Å²) < 4.78 is 5.47. The largest absolute Gasteiger partial charge is 0.494 e. The molecule has 25 heavy (non-hydrogen) atoms. The summed E-state index contributed by atoms with van der Waals surface area (Å²) in [6, 6.07) is 16.3. The van der Waals surface area contributed by atoms with E-state index in [1.165, 1.54) is 11.1 Å². The molecule has 0 unspecified atom stereocenters. The highest BCUT2D eigenvalue weighted by atomic mass is 16.5. The molecule has 0 radical (unpaired) electrons. The summed E-state index contributed by atoms with van der Waals surface area (Å²) in [5, 5.41) is 9.64. The summed E-state index contributed by atoms with van der Waals surface area (Å²) in [6.45, 7) is 6.79. The summed E-state index contributed by atoms with van der Waals surface area (Å²) in [6.07, 6.45) is 0. The van der Waals surface area contributed by atoms with E-state index < -0.39 is 5.97 Å². The van der Waals surface area contributed by atoms with Crippen molar-refractivity contribution in [1.29, 1.82) is 0 Å². The lowest BCUT2D eigenvalue weighted by Crippen LogP contribution is -2.23. The zero-order valence-electron chi connectivity index (χ0n) is 14.8. The molecular formula is C21H25NO3. The van der Waals surface area contributed by atoms with E-state index in [0.717, 1.165) is 24.4 Å². The first-order valence-electron chi connectivity index (χ1n) is 8.80. The van der Waals surface area contributed by atoms with Gasteiger partial charge in [0.2, 0.25) is 0 Å². The lowest BCUT2D eigenvalue weighted by Gasteiger charge is -2.16. The normalized spacial score (nSPS) is 20.6. The van der Waals surface area contributed by atoms with Crippen LogP contribution in [-0.2, 0) is 11.3 Å². The number of carboxylic acids is 1. The SMILES string of the molecule is CCOc1ccc(CN2C[C@H](C(=O)O)[C@@H](c3ccc(C)cc3)C2)cc1. The zero-order chi connectivity index (χ0) is 17.8. The molecule has 1 saturated heterocycles. The Morgan fingerprint density at radius 1 is 1.12 bits per heavy atom. The van der Waals surface area contributed by atoms with Crippen molar-refractivity contribution in [3.05, 3.63) is 65.2 Å². The maximum atomic E-state index is 11.7. The number of hydrogen-bond donors (Lipinski definition) is 1. The second-order valence-corrected chi connectivity index (χ2v) is 6.73. The van der Waals surface area contributed by atoms with E-state index >= 15 is 0 Å². The monoisotopic (exact) mass is 339 g/mol. The fourth-order valence-corrected chi connectivity index (χ4v) is 3.53. The van der Waals surface area contributed by atoms with E-state index in [9.17, 15) is 9.90 Å². The van der Waals surface area contributed by atoms with Crippen molar-refractivity contribution in [2.75, 3.05) is 19.7 Å². The van der Waals surface area contributed by atoms with E-state index in [4.69, 9.17) is 4.74 Å². The Balaban J connectivity index is 1.71. The van der Waals surface area contributed by atoms with Gasteiger partial charge >= 0.3 is 5.97 Å². The Hall–Kier alpha value is -2.33. The lowest BCUT2D eigenvalue weighted by atomic mass is 9.89. The third-order valence-corrected chi connectivity index (χ3v) is 4.86. The molecule has 2 aromatic carbocycles. The van der Waals surface area contributed by atoms with Gasteiger partial charge in [0, 0.05) is 25.6 Å². The van der Waals surface area contributed by atoms with Crippen LogP contribution in [0.2, 0.25) is 0 Å². The van der Waals surface area contributed by atoms with E-state index in [-0.39, 0.29) is 11.8 Å². The molecule has 0 amide bonds. The van der Waals surface area contributed by atoms with Gasteiger partial charge < -0.3 is 9.84 Å². The number of benzene rings is 2. The summed E-state index contributed by atoms with van der Waals surface area (Å²) >= 11 is 0. The molecule has 0 aromatic heterocycles. The number of likely N-dealkylation sites (tertiary alicyclic amines) is 1. The predicted octanol–water partition coefficient (Wildman–Crippen LogP) is 3.69. The van der Waals surface area contributed by atoms with Crippen molar-refractivity contribution in [1.82, 2.24) is 4.90 Å². The van der Waals surface area contributed by atoms with Crippen LogP contribution in [0.5, 0.6) is 5.75 Å². The van der Waals surface area contributed by atoms with Crippen molar-refractivity contribution < 1.29 is 14.6 Å². The molecule has 2 atom stereocenters. The first kappa shape index (κ1) is 17.5. The average Bonchev–Trinajstić information content (AvgIpc) is 3.02. The van der Waals surface area contributed by atoms with Gasteiger partial charge in [0.1, 0.15) is 5.75 Å². The highest BCUT2D eigenvalue weighted by Crippen LogP contribution is 2.34. The molecule has 1 aliphatic heterocycles. The molecule has 1 fully saturated rings. The fourth-order valence-electron chi connectivity index (χ4n) is 3.53. The number of carboxylic acid groups (broad SMARTS) is 1. The molecule has 1 heterocycles. The highest BCUT2D eigenvalue weighted by Gasteiger charge is 2.38. The molecule has 0 saturated carbocycles. The number of aryl methyl sites for hydroxylation is 1. The van der Waals surface area contributed by atoms with Crippen molar-refractivity contribution in [3.8, 4) is 5.75 Å². The molecule has 4 heteroatoms. The lowest BCUT2D eigenvalue weighted by molar-refractivity contribution is -0.141. The third kappa shape index (κ3) is 4.20. The van der Waals surface area contributed by atoms with Crippen LogP contribution in [0.25, 0.3) is 0 Å². The second-order valence-electron chi connectivity index (χ2n) is 6.73. The summed E-state index contributed by atoms with van der Waals surface area (Å²) in [5.41, 5.74) is 3.49. The quantitative estimate of drug-likeness (QED) is 0.872. The van der Waals surface area contributed by atoms with Crippen LogP contribution in [0, 0.1) is 12.8 Å². The average molecular weight is 339 g/mol. The minimum absolute atomic E-state index is 0.0424. The first-order valence-corrected chi connectivity index (χ1v) is 8.80. The van der Waals surface area contributed by atoms with E-state index in [0.29, 0.717) is 13.2 Å². The van der Waals surface area contributed by atoms with Crippen LogP contribution >= 0.6 is 0 Å². The standard InChI is InChI=1S/C21H25NO3/c1-3-25-18-10-6-16(7-11-18)12-22-13-19(20(14-22)21(23)24)17-8-4-15(2)5-9-17/h4-11,19-20H,3,12-14H2,1-2H3,(H,23,24)/t19-,20+/m1/s1. The van der Waals surface area contributed by atoms with Crippen LogP contribution in [-0.4, -0.2) is 35.7 Å². The van der Waals surface area contributed by atoms with Crippen LogP contribution in [0.4, 0.5) is 0 Å². The summed E-state index contributed by atoms with van der Waals surface area (Å²) in [4.78, 5) is 14.0. The Morgan fingerprint density at radius 2 is 1.80 bits per heavy atom. The number of hydrogen-bond acceptors (Lipinski definition) is 3. The van der Waals surface area contributed by atoms with Gasteiger partial charge in [-0.25, -0.2) is 0 Å². The van der Waals surface area contributed by atoms with Gasteiger partial charge in [-0.2, -0.15) is 0 Å². The Bertz CT molecular complexity index is 709. The van der Waals surface area contributed by atoms with Crippen molar-refractivity contribution in [2.24, 2.45) is 5.92 Å². The molecule has 1 N–H and O–H groups in total. The minimum Gasteiger partial charge on any atom is -0.494 e. The van der Waals surface area contributed by atoms with Crippen LogP contribution in [0.3, 0.4) is 0 Å². The topological polar surface area (TPSA) is 49.8 Å². The van der Waals surface area contributed by atoms with Gasteiger partial charge in [0.25, 0.3) is 0 Å². The maximum absolute atomic E-state index is 11.7. The third-order valence-electron chi connectivity index (χ3n) is 4.86. The smallest absolute Gasteiger partial charge is 0.308 e. The molecule has 132 valence electrons. The molecule has 0 bridgehead atoms. The Kier molecular flexibility index (Phi) is 5.39. The molecule has 1 aliphatic rings. The first-order chi connectivity index (χ1) is 12.1. The highest BCUT2D eigenvalue weighted by molar-refractivity contribution is 5.72. The predicted molar refractivity (Wildman–Crippen MR) is 97.9 cm³/mol. The van der Waals surface area contributed by atoms with Gasteiger partial charge in [-0.1, -0.05) is 42.0 Å². The Labute approximate surface area is 149 Å². The van der Waals surface area contributed by atoms with Crippen LogP contribution in [0.1, 0.15) is 29.5 Å². The number of rotatable bonds is 6. The molecular weight excluding hydrogens is 314 g/mol. The van der Waals surface area contributed by atoms with Gasteiger partial charge in [0.05, 0.1) is 12.5 Å². The van der Waals surface area contributed by atoms with Crippen LogP contribution < -0.4 is 4.74 Å². The van der Waals surface area contributed by atoms with E-state index in [2.05, 4.69) is 41.3 Å². The number of aliphatic carboxylic acids is 1. The zero-order valence-corrected chi connectivity index (χ0v) is 14.8. The minimum atomic E-state index is -0.709. The van der Waals surface area contributed by atoms with Gasteiger partial charge in [-0.05, 0) is 37.1 Å². The van der Waals surface area contributed by atoms with Crippen molar-refractivity contribution in [2.45, 2.75) is 26.3 Å². The maximum Gasteiger partial charge on any atom is 0.308 e. The van der Waals surface area contributed by atoms with E-state index in [1.807, 2.05) is 26.0 Å². The fraction of sp³-hybridized carbons (Fsp3) is 0.381. The van der Waals surface area contributed by atoms with Gasteiger partial charge in [-0.3, -0.25) is 9.69 Å².